The van der Waals surface area contributed by atoms with Crippen LogP contribution < -0.4 is 10.6 Å². The van der Waals surface area contributed by atoms with Gasteiger partial charge >= 0.3 is 0 Å². The SMILES string of the molecule is C=CCn1c(SCC(=O)Nc2cc(Cl)c(Cl)cc2Cl)nnc1[C@H](C)NC(=O)c1ccccc1C. The van der Waals surface area contributed by atoms with Crippen molar-refractivity contribution in [2.45, 2.75) is 31.6 Å². The Bertz CT molecular complexity index is 1230. The Balaban J connectivity index is 1.69. The Morgan fingerprint density at radius 2 is 1.85 bits per heavy atom. The number of nitrogens with zero attached hydrogens (tertiary/aromatic N) is 3. The molecule has 1 heterocycles. The van der Waals surface area contributed by atoms with E-state index in [0.29, 0.717) is 33.8 Å². The average molecular weight is 539 g/mol. The van der Waals surface area contributed by atoms with Crippen LogP contribution in [-0.4, -0.2) is 32.3 Å². The summed E-state index contributed by atoms with van der Waals surface area (Å²) in [6.07, 6.45) is 1.70. The molecule has 7 nitrogen and oxygen atoms in total. The molecule has 34 heavy (non-hydrogen) atoms. The maximum atomic E-state index is 12.7. The molecule has 0 saturated carbocycles. The van der Waals surface area contributed by atoms with Gasteiger partial charge in [0.15, 0.2) is 11.0 Å². The first-order valence-electron chi connectivity index (χ1n) is 10.2. The van der Waals surface area contributed by atoms with Crippen molar-refractivity contribution >= 4 is 64.1 Å². The number of amides is 2. The summed E-state index contributed by atoms with van der Waals surface area (Å²) in [5.74, 6) is 0.0968. The summed E-state index contributed by atoms with van der Waals surface area (Å²) < 4.78 is 1.81. The minimum atomic E-state index is -0.419. The van der Waals surface area contributed by atoms with Gasteiger partial charge in [0.05, 0.1) is 32.5 Å². The van der Waals surface area contributed by atoms with Crippen LogP contribution in [0.5, 0.6) is 0 Å². The van der Waals surface area contributed by atoms with Crippen LogP contribution in [0, 0.1) is 6.92 Å². The molecule has 0 unspecified atom stereocenters. The van der Waals surface area contributed by atoms with E-state index < -0.39 is 6.04 Å². The van der Waals surface area contributed by atoms with E-state index in [9.17, 15) is 9.59 Å². The second kappa shape index (κ2) is 11.8. The van der Waals surface area contributed by atoms with Crippen LogP contribution in [-0.2, 0) is 11.3 Å². The molecule has 0 saturated heterocycles. The van der Waals surface area contributed by atoms with Gasteiger partial charge in [-0.25, -0.2) is 0 Å². The number of anilines is 1. The molecule has 0 aliphatic carbocycles. The van der Waals surface area contributed by atoms with Gasteiger partial charge in [0, 0.05) is 12.1 Å². The Kier molecular flexibility index (Phi) is 9.02. The molecule has 2 N–H and O–H groups in total. The van der Waals surface area contributed by atoms with Crippen molar-refractivity contribution in [1.82, 2.24) is 20.1 Å². The summed E-state index contributed by atoms with van der Waals surface area (Å²) in [5.41, 5.74) is 1.84. The third-order valence-electron chi connectivity index (χ3n) is 4.80. The lowest BCUT2D eigenvalue weighted by Crippen LogP contribution is -2.29. The lowest BCUT2D eigenvalue weighted by Gasteiger charge is -2.16. The molecule has 2 amide bonds. The molecule has 0 aliphatic rings. The molecular formula is C23H22Cl3N5O2S. The van der Waals surface area contributed by atoms with E-state index in [1.807, 2.05) is 32.0 Å². The molecule has 3 aromatic rings. The molecule has 0 fully saturated rings. The fourth-order valence-corrected chi connectivity index (χ4v) is 4.48. The Hall–Kier alpha value is -2.52. The van der Waals surface area contributed by atoms with Crippen molar-refractivity contribution in [3.05, 3.63) is 81.1 Å². The zero-order chi connectivity index (χ0) is 24.8. The second-order valence-corrected chi connectivity index (χ2v) is 9.50. The number of aromatic nitrogens is 3. The number of thioether (sulfide) groups is 1. The summed E-state index contributed by atoms with van der Waals surface area (Å²) in [7, 11) is 0. The van der Waals surface area contributed by atoms with Gasteiger partial charge in [-0.15, -0.1) is 16.8 Å². The third-order valence-corrected chi connectivity index (χ3v) is 6.80. The smallest absolute Gasteiger partial charge is 0.252 e. The van der Waals surface area contributed by atoms with Crippen molar-refractivity contribution in [1.29, 1.82) is 0 Å². The number of rotatable bonds is 9. The van der Waals surface area contributed by atoms with Crippen molar-refractivity contribution in [3.8, 4) is 0 Å². The minimum absolute atomic E-state index is 0.0514. The molecule has 2 aromatic carbocycles. The molecule has 3 rings (SSSR count). The molecule has 0 bridgehead atoms. The van der Waals surface area contributed by atoms with Crippen LogP contribution in [0.2, 0.25) is 15.1 Å². The highest BCUT2D eigenvalue weighted by Crippen LogP contribution is 2.32. The first kappa shape index (κ1) is 26.1. The zero-order valence-corrected chi connectivity index (χ0v) is 21.5. The van der Waals surface area contributed by atoms with Crippen LogP contribution in [0.15, 0.2) is 54.2 Å². The molecule has 178 valence electrons. The van der Waals surface area contributed by atoms with E-state index in [4.69, 9.17) is 34.8 Å². The van der Waals surface area contributed by atoms with Gasteiger partial charge in [0.25, 0.3) is 5.91 Å². The molecular weight excluding hydrogens is 517 g/mol. The number of carbonyl (C=O) groups excluding carboxylic acids is 2. The molecule has 0 radical (unpaired) electrons. The van der Waals surface area contributed by atoms with Crippen molar-refractivity contribution < 1.29 is 9.59 Å². The topological polar surface area (TPSA) is 88.9 Å². The van der Waals surface area contributed by atoms with Gasteiger partial charge in [-0.1, -0.05) is 70.8 Å². The van der Waals surface area contributed by atoms with E-state index in [-0.39, 0.29) is 27.6 Å². The van der Waals surface area contributed by atoms with Crippen LogP contribution in [0.1, 0.15) is 34.7 Å². The summed E-state index contributed by atoms with van der Waals surface area (Å²) in [5, 5.41) is 15.5. The molecule has 1 atom stereocenters. The van der Waals surface area contributed by atoms with Gasteiger partial charge in [-0.3, -0.25) is 9.59 Å². The lowest BCUT2D eigenvalue weighted by molar-refractivity contribution is -0.113. The van der Waals surface area contributed by atoms with Gasteiger partial charge in [-0.2, -0.15) is 0 Å². The normalized spacial score (nSPS) is 11.7. The first-order chi connectivity index (χ1) is 16.2. The summed E-state index contributed by atoms with van der Waals surface area (Å²) in [4.78, 5) is 25.2. The molecule has 0 aliphatic heterocycles. The van der Waals surface area contributed by atoms with E-state index in [0.717, 1.165) is 5.56 Å². The Morgan fingerprint density at radius 1 is 1.15 bits per heavy atom. The molecule has 11 heteroatoms. The second-order valence-electron chi connectivity index (χ2n) is 7.33. The highest BCUT2D eigenvalue weighted by Gasteiger charge is 2.21. The maximum absolute atomic E-state index is 12.7. The monoisotopic (exact) mass is 537 g/mol. The van der Waals surface area contributed by atoms with E-state index >= 15 is 0 Å². The van der Waals surface area contributed by atoms with Gasteiger partial charge < -0.3 is 15.2 Å². The van der Waals surface area contributed by atoms with E-state index in [2.05, 4.69) is 27.4 Å². The van der Waals surface area contributed by atoms with Gasteiger partial charge in [0.2, 0.25) is 5.91 Å². The Morgan fingerprint density at radius 3 is 2.56 bits per heavy atom. The number of benzene rings is 2. The highest BCUT2D eigenvalue weighted by molar-refractivity contribution is 7.99. The largest absolute Gasteiger partial charge is 0.342 e. The van der Waals surface area contributed by atoms with E-state index in [1.54, 1.807) is 16.7 Å². The number of nitrogens with one attached hydrogen (secondary N) is 2. The fourth-order valence-electron chi connectivity index (χ4n) is 3.13. The summed E-state index contributed by atoms with van der Waals surface area (Å²) in [6.45, 7) is 7.90. The molecule has 0 spiro atoms. The standard InChI is InChI=1S/C23H22Cl3N5O2S/c1-4-9-31-21(14(3)27-22(33)15-8-6-5-7-13(15)2)29-30-23(31)34-12-20(32)28-19-11-17(25)16(24)10-18(19)26/h4-8,10-11,14H,1,9,12H2,2-3H3,(H,27,33)(H,28,32)/t14-/m0/s1. The Labute approximate surface area is 216 Å². The van der Waals surface area contributed by atoms with Crippen molar-refractivity contribution in [3.63, 3.8) is 0 Å². The number of hydrogen-bond donors (Lipinski definition) is 2. The first-order valence-corrected chi connectivity index (χ1v) is 12.3. The van der Waals surface area contributed by atoms with Crippen LogP contribution in [0.25, 0.3) is 0 Å². The summed E-state index contributed by atoms with van der Waals surface area (Å²) in [6, 6.07) is 9.89. The molecule has 1 aromatic heterocycles. The predicted octanol–water partition coefficient (Wildman–Crippen LogP) is 5.95. The maximum Gasteiger partial charge on any atom is 0.252 e. The van der Waals surface area contributed by atoms with Crippen molar-refractivity contribution in [2.24, 2.45) is 0 Å². The number of carbonyl (C=O) groups is 2. The number of aryl methyl sites for hydroxylation is 1. The lowest BCUT2D eigenvalue weighted by atomic mass is 10.1. The number of hydrogen-bond acceptors (Lipinski definition) is 5. The average Bonchev–Trinajstić information content (AvgIpc) is 3.19. The van der Waals surface area contributed by atoms with Crippen molar-refractivity contribution in [2.75, 3.05) is 11.1 Å². The number of halogens is 3. The summed E-state index contributed by atoms with van der Waals surface area (Å²) >= 11 is 19.3. The number of allylic oxidation sites excluding steroid dienone is 1. The van der Waals surface area contributed by atoms with Crippen LogP contribution in [0.4, 0.5) is 5.69 Å². The predicted molar refractivity (Wildman–Crippen MR) is 138 cm³/mol. The van der Waals surface area contributed by atoms with Gasteiger partial charge in [-0.05, 0) is 37.6 Å². The zero-order valence-electron chi connectivity index (χ0n) is 18.4. The fraction of sp³-hybridized carbons (Fsp3) is 0.217. The minimum Gasteiger partial charge on any atom is -0.342 e. The van der Waals surface area contributed by atoms with E-state index in [1.165, 1.54) is 23.9 Å². The quantitative estimate of drug-likeness (QED) is 0.199. The van der Waals surface area contributed by atoms with Crippen LogP contribution in [0.3, 0.4) is 0 Å². The third kappa shape index (κ3) is 6.33. The van der Waals surface area contributed by atoms with Gasteiger partial charge in [0.1, 0.15) is 0 Å². The van der Waals surface area contributed by atoms with Crippen LogP contribution >= 0.6 is 46.6 Å². The highest BCUT2D eigenvalue weighted by atomic mass is 35.5.